The van der Waals surface area contributed by atoms with E-state index >= 15 is 0 Å². The maximum Gasteiger partial charge on any atom is 0.178 e. The number of H-pyrrole nitrogens is 1. The molecular weight excluding hydrogens is 235 g/mol. The third-order valence-corrected chi connectivity index (χ3v) is 4.35. The van der Waals surface area contributed by atoms with Crippen LogP contribution in [0.25, 0.3) is 11.0 Å². The van der Waals surface area contributed by atoms with Crippen molar-refractivity contribution in [3.63, 3.8) is 0 Å². The van der Waals surface area contributed by atoms with Crippen molar-refractivity contribution in [1.82, 2.24) is 9.55 Å². The fraction of sp³-hybridized carbons (Fsp3) is 0.462. The van der Waals surface area contributed by atoms with Crippen LogP contribution in [-0.4, -0.2) is 9.55 Å². The fourth-order valence-corrected chi connectivity index (χ4v) is 3.27. The highest BCUT2D eigenvalue weighted by molar-refractivity contribution is 7.71. The zero-order valence-electron chi connectivity index (χ0n) is 9.79. The average Bonchev–Trinajstić information content (AvgIpc) is 2.56. The fourth-order valence-electron chi connectivity index (χ4n) is 2.87. The van der Waals surface area contributed by atoms with Gasteiger partial charge in [-0.2, -0.15) is 0 Å². The van der Waals surface area contributed by atoms with E-state index in [1.165, 1.54) is 12.5 Å². The summed E-state index contributed by atoms with van der Waals surface area (Å²) in [4.78, 5) is 3.17. The molecule has 90 valence electrons. The van der Waals surface area contributed by atoms with E-state index < -0.39 is 0 Å². The van der Waals surface area contributed by atoms with Gasteiger partial charge >= 0.3 is 0 Å². The molecule has 0 amide bonds. The van der Waals surface area contributed by atoms with Crippen LogP contribution in [0, 0.1) is 10.6 Å². The van der Waals surface area contributed by atoms with Crippen LogP contribution >= 0.6 is 12.2 Å². The van der Waals surface area contributed by atoms with Crippen molar-refractivity contribution in [3.05, 3.63) is 28.8 Å². The molecule has 0 radical (unpaired) electrons. The minimum Gasteiger partial charge on any atom is -0.331 e. The number of hydrogen-bond donors (Lipinski definition) is 1. The molecule has 4 heteroatoms. The van der Waals surface area contributed by atoms with Gasteiger partial charge in [0.1, 0.15) is 5.82 Å². The first-order valence-electron chi connectivity index (χ1n) is 6.07. The summed E-state index contributed by atoms with van der Waals surface area (Å²) in [5, 5.41) is 0. The van der Waals surface area contributed by atoms with Crippen LogP contribution in [0.15, 0.2) is 18.2 Å². The van der Waals surface area contributed by atoms with Gasteiger partial charge in [0.25, 0.3) is 0 Å². The van der Waals surface area contributed by atoms with E-state index in [1.54, 1.807) is 12.1 Å². The number of rotatable bonds is 2. The molecule has 1 N–H and O–H groups in total. The second-order valence-corrected chi connectivity index (χ2v) is 5.25. The van der Waals surface area contributed by atoms with Gasteiger partial charge < -0.3 is 9.55 Å². The Balaban J connectivity index is 2.31. The van der Waals surface area contributed by atoms with Crippen LogP contribution in [0.3, 0.4) is 0 Å². The lowest BCUT2D eigenvalue weighted by Crippen LogP contribution is -2.39. The zero-order chi connectivity index (χ0) is 12.0. The minimum absolute atomic E-state index is 0.114. The Kier molecular flexibility index (Phi) is 2.36. The van der Waals surface area contributed by atoms with Crippen molar-refractivity contribution in [2.75, 3.05) is 0 Å². The molecular formula is C13H15FN2S. The zero-order valence-corrected chi connectivity index (χ0v) is 10.6. The Morgan fingerprint density at radius 3 is 2.82 bits per heavy atom. The van der Waals surface area contributed by atoms with Crippen LogP contribution in [0.1, 0.15) is 32.6 Å². The maximum absolute atomic E-state index is 13.4. The maximum atomic E-state index is 13.4. The number of aromatic amines is 1. The van der Waals surface area contributed by atoms with Crippen molar-refractivity contribution in [2.45, 2.75) is 38.1 Å². The first-order valence-corrected chi connectivity index (χ1v) is 6.48. The number of imidazole rings is 1. The van der Waals surface area contributed by atoms with Crippen LogP contribution in [0.4, 0.5) is 4.39 Å². The Hall–Kier alpha value is -1.16. The molecule has 1 aromatic carbocycles. The second-order valence-electron chi connectivity index (χ2n) is 4.86. The van der Waals surface area contributed by atoms with E-state index in [0.29, 0.717) is 4.77 Å². The van der Waals surface area contributed by atoms with Gasteiger partial charge in [-0.1, -0.05) is 6.92 Å². The first kappa shape index (κ1) is 11.0. The van der Waals surface area contributed by atoms with Crippen LogP contribution in [0.2, 0.25) is 0 Å². The molecule has 2 nitrogen and oxygen atoms in total. The molecule has 17 heavy (non-hydrogen) atoms. The minimum atomic E-state index is -0.203. The lowest BCUT2D eigenvalue weighted by atomic mass is 9.74. The van der Waals surface area contributed by atoms with Crippen LogP contribution in [-0.2, 0) is 5.54 Å². The predicted octanol–water partition coefficient (Wildman–Crippen LogP) is 4.13. The number of hydrogen-bond acceptors (Lipinski definition) is 1. The molecule has 1 heterocycles. The normalized spacial score (nSPS) is 18.2. The van der Waals surface area contributed by atoms with E-state index in [4.69, 9.17) is 12.2 Å². The number of nitrogens with one attached hydrogen (secondary N) is 1. The summed E-state index contributed by atoms with van der Waals surface area (Å²) in [5.74, 6) is -0.203. The van der Waals surface area contributed by atoms with E-state index in [1.807, 2.05) is 0 Å². The number of benzene rings is 1. The first-order chi connectivity index (χ1) is 8.16. The summed E-state index contributed by atoms with van der Waals surface area (Å²) in [6.07, 6.45) is 4.56. The topological polar surface area (TPSA) is 20.7 Å². The molecule has 0 bridgehead atoms. The molecule has 0 atom stereocenters. The molecule has 0 spiro atoms. The van der Waals surface area contributed by atoms with Crippen LogP contribution < -0.4 is 0 Å². The third-order valence-electron chi connectivity index (χ3n) is 4.06. The molecule has 3 rings (SSSR count). The molecule has 1 aliphatic rings. The number of halogens is 1. The quantitative estimate of drug-likeness (QED) is 0.795. The van der Waals surface area contributed by atoms with Gasteiger partial charge in [0.2, 0.25) is 0 Å². The third kappa shape index (κ3) is 1.47. The molecule has 1 saturated carbocycles. The Bertz CT molecular complexity index is 616. The van der Waals surface area contributed by atoms with Crippen molar-refractivity contribution in [3.8, 4) is 0 Å². The number of aromatic nitrogens is 2. The summed E-state index contributed by atoms with van der Waals surface area (Å²) in [6.45, 7) is 2.18. The van der Waals surface area contributed by atoms with E-state index in [0.717, 1.165) is 30.3 Å². The average molecular weight is 250 g/mol. The molecule has 1 aliphatic carbocycles. The van der Waals surface area contributed by atoms with Crippen molar-refractivity contribution >= 4 is 23.3 Å². The van der Waals surface area contributed by atoms with Gasteiger partial charge in [-0.05, 0) is 56.1 Å². The smallest absolute Gasteiger partial charge is 0.178 e. The van der Waals surface area contributed by atoms with Gasteiger partial charge in [-0.15, -0.1) is 0 Å². The molecule has 2 aromatic rings. The van der Waals surface area contributed by atoms with Crippen molar-refractivity contribution in [1.29, 1.82) is 0 Å². The van der Waals surface area contributed by atoms with Gasteiger partial charge in [-0.25, -0.2) is 4.39 Å². The van der Waals surface area contributed by atoms with Gasteiger partial charge in [0, 0.05) is 5.54 Å². The second kappa shape index (κ2) is 3.67. The Morgan fingerprint density at radius 2 is 2.24 bits per heavy atom. The molecule has 1 aromatic heterocycles. The lowest BCUT2D eigenvalue weighted by molar-refractivity contribution is 0.140. The Labute approximate surface area is 104 Å². The van der Waals surface area contributed by atoms with E-state index in [2.05, 4.69) is 16.5 Å². The van der Waals surface area contributed by atoms with E-state index in [9.17, 15) is 4.39 Å². The summed E-state index contributed by atoms with van der Waals surface area (Å²) < 4.78 is 16.2. The highest BCUT2D eigenvalue weighted by atomic mass is 32.1. The summed E-state index contributed by atoms with van der Waals surface area (Å²) >= 11 is 5.40. The number of fused-ring (bicyclic) bond motifs is 1. The van der Waals surface area contributed by atoms with Gasteiger partial charge in [0.15, 0.2) is 4.77 Å². The lowest BCUT2D eigenvalue weighted by Gasteiger charge is -2.43. The van der Waals surface area contributed by atoms with Crippen molar-refractivity contribution in [2.24, 2.45) is 0 Å². The van der Waals surface area contributed by atoms with Crippen molar-refractivity contribution < 1.29 is 4.39 Å². The molecule has 0 aliphatic heterocycles. The Morgan fingerprint density at radius 1 is 1.47 bits per heavy atom. The molecule has 1 fully saturated rings. The summed E-state index contributed by atoms with van der Waals surface area (Å²) in [7, 11) is 0. The molecule has 0 saturated heterocycles. The standard InChI is InChI=1S/C13H15FN2S/c1-2-13(6-3-7-13)16-11-8-9(14)4-5-10(11)15-12(16)17/h4-5,8H,2-3,6-7H2,1H3,(H,15,17). The predicted molar refractivity (Wildman–Crippen MR) is 69.2 cm³/mol. The van der Waals surface area contributed by atoms with Crippen LogP contribution in [0.5, 0.6) is 0 Å². The number of nitrogens with zero attached hydrogens (tertiary/aromatic N) is 1. The molecule has 0 unspecified atom stereocenters. The highest BCUT2D eigenvalue weighted by Crippen LogP contribution is 2.43. The largest absolute Gasteiger partial charge is 0.331 e. The summed E-state index contributed by atoms with van der Waals surface area (Å²) in [5.41, 5.74) is 1.94. The van der Waals surface area contributed by atoms with Gasteiger partial charge in [-0.3, -0.25) is 0 Å². The highest BCUT2D eigenvalue weighted by Gasteiger charge is 2.38. The monoisotopic (exact) mass is 250 g/mol. The SMILES string of the molecule is CCC1(n2c(=S)[nH]c3ccc(F)cc32)CCC1. The van der Waals surface area contributed by atoms with E-state index in [-0.39, 0.29) is 11.4 Å². The van der Waals surface area contributed by atoms with Gasteiger partial charge in [0.05, 0.1) is 11.0 Å². The summed E-state index contributed by atoms with van der Waals surface area (Å²) in [6, 6.07) is 4.81.